The average Bonchev–Trinajstić information content (AvgIpc) is 2.70. The van der Waals surface area contributed by atoms with Gasteiger partial charge in [-0.15, -0.1) is 0 Å². The van der Waals surface area contributed by atoms with Crippen molar-refractivity contribution in [3.63, 3.8) is 0 Å². The highest BCUT2D eigenvalue weighted by Crippen LogP contribution is 2.50. The third-order valence-corrected chi connectivity index (χ3v) is 4.15. The summed E-state index contributed by atoms with van der Waals surface area (Å²) in [7, 11) is 0. The molecule has 0 N–H and O–H groups in total. The molecular formula is C13H12BrNO2. The van der Waals surface area contributed by atoms with E-state index in [0.717, 1.165) is 48.1 Å². The molecule has 3 nitrogen and oxygen atoms in total. The molecule has 3 rings (SSSR count). The normalized spacial score (nSPS) is 19.8. The van der Waals surface area contributed by atoms with Crippen molar-refractivity contribution in [1.29, 1.82) is 0 Å². The van der Waals surface area contributed by atoms with E-state index >= 15 is 0 Å². The monoisotopic (exact) mass is 293 g/mol. The molecule has 0 unspecified atom stereocenters. The zero-order valence-corrected chi connectivity index (χ0v) is 10.9. The van der Waals surface area contributed by atoms with E-state index in [1.807, 2.05) is 6.07 Å². The van der Waals surface area contributed by atoms with Crippen molar-refractivity contribution in [2.45, 2.75) is 31.2 Å². The van der Waals surface area contributed by atoms with Crippen molar-refractivity contribution in [1.82, 2.24) is 0 Å². The Balaban J connectivity index is 2.17. The van der Waals surface area contributed by atoms with Crippen LogP contribution in [0.25, 0.3) is 0 Å². The topological polar surface area (TPSA) is 38.7 Å². The summed E-state index contributed by atoms with van der Waals surface area (Å²) in [6.45, 7) is 0.722. The summed E-state index contributed by atoms with van der Waals surface area (Å²) in [5.41, 5.74) is 1.88. The Labute approximate surface area is 108 Å². The minimum Gasteiger partial charge on any atom is -0.493 e. The first-order chi connectivity index (χ1) is 8.25. The zero-order chi connectivity index (χ0) is 11.9. The highest BCUT2D eigenvalue weighted by atomic mass is 79.9. The second-order valence-corrected chi connectivity index (χ2v) is 5.54. The average molecular weight is 294 g/mol. The van der Waals surface area contributed by atoms with E-state index in [2.05, 4.69) is 27.0 Å². The molecule has 0 amide bonds. The van der Waals surface area contributed by atoms with Gasteiger partial charge in [-0.2, -0.15) is 4.99 Å². The lowest BCUT2D eigenvalue weighted by Gasteiger charge is -2.38. The van der Waals surface area contributed by atoms with Crippen molar-refractivity contribution in [2.24, 2.45) is 4.99 Å². The molecule has 0 radical (unpaired) electrons. The molecule has 1 heterocycles. The van der Waals surface area contributed by atoms with Crippen LogP contribution in [0.3, 0.4) is 0 Å². The summed E-state index contributed by atoms with van der Waals surface area (Å²) in [6, 6.07) is 4.12. The van der Waals surface area contributed by atoms with E-state index in [4.69, 9.17) is 4.74 Å². The van der Waals surface area contributed by atoms with Gasteiger partial charge >= 0.3 is 0 Å². The van der Waals surface area contributed by atoms with Gasteiger partial charge in [-0.25, -0.2) is 4.79 Å². The fourth-order valence-corrected chi connectivity index (χ4v) is 3.16. The highest BCUT2D eigenvalue weighted by molar-refractivity contribution is 9.10. The molecule has 1 aromatic rings. The SMILES string of the molecule is O=C=NC1(c2cc(Br)cc3c2OCC3)CCC1. The Hall–Kier alpha value is -1.12. The fraction of sp³-hybridized carbons (Fsp3) is 0.462. The lowest BCUT2D eigenvalue weighted by molar-refractivity contribution is 0.243. The molecule has 0 spiro atoms. The van der Waals surface area contributed by atoms with Gasteiger partial charge in [-0.1, -0.05) is 15.9 Å². The van der Waals surface area contributed by atoms with Crippen LogP contribution in [0.1, 0.15) is 30.4 Å². The van der Waals surface area contributed by atoms with Gasteiger partial charge in [0, 0.05) is 16.5 Å². The largest absolute Gasteiger partial charge is 0.493 e. The summed E-state index contributed by atoms with van der Waals surface area (Å²) in [6.07, 6.45) is 5.58. The van der Waals surface area contributed by atoms with Crippen LogP contribution in [0.15, 0.2) is 21.6 Å². The van der Waals surface area contributed by atoms with E-state index in [-0.39, 0.29) is 5.54 Å². The van der Waals surface area contributed by atoms with Crippen molar-refractivity contribution in [3.05, 3.63) is 27.7 Å². The van der Waals surface area contributed by atoms with Crippen LogP contribution in [-0.2, 0) is 16.8 Å². The second kappa shape index (κ2) is 3.97. The van der Waals surface area contributed by atoms with Crippen LogP contribution < -0.4 is 4.74 Å². The van der Waals surface area contributed by atoms with Crippen LogP contribution in [0.5, 0.6) is 5.75 Å². The van der Waals surface area contributed by atoms with Crippen LogP contribution in [0, 0.1) is 0 Å². The minimum absolute atomic E-state index is 0.375. The number of isocyanates is 1. The van der Waals surface area contributed by atoms with Crippen molar-refractivity contribution in [2.75, 3.05) is 6.61 Å². The number of fused-ring (bicyclic) bond motifs is 1. The Bertz CT molecular complexity index is 516. The number of halogens is 1. The number of rotatable bonds is 2. The molecule has 4 heteroatoms. The zero-order valence-electron chi connectivity index (χ0n) is 9.33. The molecule has 88 valence electrons. The van der Waals surface area contributed by atoms with Gasteiger partial charge in [-0.3, -0.25) is 0 Å². The van der Waals surface area contributed by atoms with Crippen molar-refractivity contribution in [3.8, 4) is 5.75 Å². The molecule has 1 aromatic carbocycles. The summed E-state index contributed by atoms with van der Waals surface area (Å²) >= 11 is 3.52. The lowest BCUT2D eigenvalue weighted by Crippen LogP contribution is -2.32. The van der Waals surface area contributed by atoms with E-state index in [0.29, 0.717) is 0 Å². The molecular weight excluding hydrogens is 282 g/mol. The smallest absolute Gasteiger partial charge is 0.235 e. The number of hydrogen-bond donors (Lipinski definition) is 0. The van der Waals surface area contributed by atoms with E-state index in [9.17, 15) is 4.79 Å². The Morgan fingerprint density at radius 2 is 2.24 bits per heavy atom. The molecule has 1 fully saturated rings. The Kier molecular flexibility index (Phi) is 2.57. The molecule has 1 saturated carbocycles. The number of aliphatic imine (C=N–C) groups is 1. The van der Waals surface area contributed by atoms with Gasteiger partial charge in [0.25, 0.3) is 0 Å². The van der Waals surface area contributed by atoms with Crippen molar-refractivity contribution >= 4 is 22.0 Å². The highest BCUT2D eigenvalue weighted by Gasteiger charge is 2.42. The molecule has 0 bridgehead atoms. The van der Waals surface area contributed by atoms with Crippen LogP contribution in [0.4, 0.5) is 0 Å². The first-order valence-corrected chi connectivity index (χ1v) is 6.59. The predicted molar refractivity (Wildman–Crippen MR) is 67.0 cm³/mol. The maximum Gasteiger partial charge on any atom is 0.235 e. The van der Waals surface area contributed by atoms with E-state index in [1.165, 1.54) is 5.56 Å². The molecule has 2 aliphatic rings. The first kappa shape index (κ1) is 11.0. The van der Waals surface area contributed by atoms with Crippen molar-refractivity contribution < 1.29 is 9.53 Å². The first-order valence-electron chi connectivity index (χ1n) is 5.80. The van der Waals surface area contributed by atoms with Gasteiger partial charge in [0.05, 0.1) is 6.61 Å². The van der Waals surface area contributed by atoms with Gasteiger partial charge in [0.15, 0.2) is 0 Å². The quantitative estimate of drug-likeness (QED) is 0.621. The van der Waals surface area contributed by atoms with Crippen LogP contribution in [-0.4, -0.2) is 12.7 Å². The number of benzene rings is 1. The number of hydrogen-bond acceptors (Lipinski definition) is 3. The summed E-state index contributed by atoms with van der Waals surface area (Å²) in [4.78, 5) is 14.7. The predicted octanol–water partition coefficient (Wildman–Crippen LogP) is 3.10. The van der Waals surface area contributed by atoms with Crippen LogP contribution in [0.2, 0.25) is 0 Å². The fourth-order valence-electron chi connectivity index (χ4n) is 2.66. The summed E-state index contributed by atoms with van der Waals surface area (Å²) < 4.78 is 6.73. The minimum atomic E-state index is -0.375. The number of carbonyl (C=O) groups excluding carboxylic acids is 1. The number of nitrogens with zero attached hydrogens (tertiary/aromatic N) is 1. The Morgan fingerprint density at radius 1 is 1.41 bits per heavy atom. The molecule has 17 heavy (non-hydrogen) atoms. The summed E-state index contributed by atoms with van der Waals surface area (Å²) in [5.74, 6) is 0.937. The molecule has 0 atom stereocenters. The second-order valence-electron chi connectivity index (χ2n) is 4.63. The summed E-state index contributed by atoms with van der Waals surface area (Å²) in [5, 5.41) is 0. The maximum absolute atomic E-state index is 10.6. The van der Waals surface area contributed by atoms with Gasteiger partial charge in [0.2, 0.25) is 6.08 Å². The number of ether oxygens (including phenoxy) is 1. The molecule has 0 saturated heterocycles. The third kappa shape index (κ3) is 1.63. The molecule has 1 aliphatic heterocycles. The van der Waals surface area contributed by atoms with E-state index < -0.39 is 0 Å². The Morgan fingerprint density at radius 3 is 2.88 bits per heavy atom. The molecule has 1 aliphatic carbocycles. The van der Waals surface area contributed by atoms with E-state index in [1.54, 1.807) is 6.08 Å². The van der Waals surface area contributed by atoms with Crippen LogP contribution >= 0.6 is 15.9 Å². The van der Waals surface area contributed by atoms with Gasteiger partial charge < -0.3 is 4.74 Å². The standard InChI is InChI=1S/C13H12BrNO2/c14-10-6-9-2-5-17-12(9)11(7-10)13(15-8-16)3-1-4-13/h6-7H,1-5H2. The molecule has 0 aromatic heterocycles. The lowest BCUT2D eigenvalue weighted by atomic mass is 9.71. The van der Waals surface area contributed by atoms with Gasteiger partial charge in [0.1, 0.15) is 11.3 Å². The maximum atomic E-state index is 10.6. The third-order valence-electron chi connectivity index (χ3n) is 3.69. The van der Waals surface area contributed by atoms with Gasteiger partial charge in [-0.05, 0) is 37.0 Å².